The molecular weight excluding hydrogens is 220 g/mol. The zero-order valence-corrected chi connectivity index (χ0v) is 9.54. The maximum absolute atomic E-state index is 12.0. The molecular formula is C12H12N2O3. The molecule has 88 valence electrons. The molecule has 0 radical (unpaired) electrons. The van der Waals surface area contributed by atoms with Crippen LogP contribution in [0, 0.1) is 6.92 Å². The molecule has 5 heteroatoms. The van der Waals surface area contributed by atoms with Gasteiger partial charge in [0.1, 0.15) is 11.7 Å². The van der Waals surface area contributed by atoms with Crippen molar-refractivity contribution in [2.24, 2.45) is 0 Å². The van der Waals surface area contributed by atoms with E-state index in [0.717, 1.165) is 0 Å². The van der Waals surface area contributed by atoms with Crippen LogP contribution in [0.5, 0.6) is 0 Å². The molecule has 1 aromatic carbocycles. The topological polar surface area (TPSA) is 72.2 Å². The van der Waals surface area contributed by atoms with E-state index < -0.39 is 12.0 Å². The molecule has 0 aliphatic rings. The third kappa shape index (κ3) is 1.80. The van der Waals surface area contributed by atoms with Crippen LogP contribution in [-0.4, -0.2) is 20.6 Å². The van der Waals surface area contributed by atoms with Crippen molar-refractivity contribution >= 4 is 17.0 Å². The van der Waals surface area contributed by atoms with E-state index in [-0.39, 0.29) is 5.56 Å². The lowest BCUT2D eigenvalue weighted by molar-refractivity contribution is -0.140. The minimum absolute atomic E-state index is 0.303. The first-order valence-electron chi connectivity index (χ1n) is 5.23. The Bertz CT molecular complexity index is 646. The van der Waals surface area contributed by atoms with Crippen LogP contribution in [0.15, 0.2) is 29.1 Å². The number of carboxylic acid groups (broad SMARTS) is 1. The molecule has 0 amide bonds. The van der Waals surface area contributed by atoms with Gasteiger partial charge in [-0.05, 0) is 26.0 Å². The average Bonchev–Trinajstić information content (AvgIpc) is 2.30. The van der Waals surface area contributed by atoms with Crippen molar-refractivity contribution in [3.63, 3.8) is 0 Å². The summed E-state index contributed by atoms with van der Waals surface area (Å²) in [5, 5.41) is 9.03. The number of hydrogen-bond acceptors (Lipinski definition) is 3. The second-order valence-corrected chi connectivity index (χ2v) is 3.88. The van der Waals surface area contributed by atoms with Gasteiger partial charge in [-0.15, -0.1) is 0 Å². The Morgan fingerprint density at radius 1 is 1.41 bits per heavy atom. The molecule has 1 heterocycles. The van der Waals surface area contributed by atoms with Gasteiger partial charge in [0.05, 0.1) is 11.0 Å². The number of nitrogens with zero attached hydrogens (tertiary/aromatic N) is 2. The number of fused-ring (bicyclic) bond motifs is 1. The van der Waals surface area contributed by atoms with Crippen LogP contribution < -0.4 is 5.56 Å². The smallest absolute Gasteiger partial charge is 0.326 e. The van der Waals surface area contributed by atoms with Gasteiger partial charge in [0.2, 0.25) is 0 Å². The van der Waals surface area contributed by atoms with Crippen molar-refractivity contribution in [2.45, 2.75) is 19.9 Å². The molecule has 1 aromatic heterocycles. The van der Waals surface area contributed by atoms with E-state index in [1.54, 1.807) is 31.2 Å². The summed E-state index contributed by atoms with van der Waals surface area (Å²) in [7, 11) is 0. The fourth-order valence-corrected chi connectivity index (χ4v) is 1.77. The lowest BCUT2D eigenvalue weighted by Crippen LogP contribution is -2.30. The Morgan fingerprint density at radius 3 is 2.71 bits per heavy atom. The molecule has 0 fully saturated rings. The average molecular weight is 232 g/mol. The summed E-state index contributed by atoms with van der Waals surface area (Å²) in [6, 6.07) is 6.10. The zero-order valence-electron chi connectivity index (χ0n) is 9.54. The number of hydrogen-bond donors (Lipinski definition) is 1. The van der Waals surface area contributed by atoms with Crippen LogP contribution >= 0.6 is 0 Å². The van der Waals surface area contributed by atoms with E-state index in [9.17, 15) is 9.59 Å². The van der Waals surface area contributed by atoms with E-state index in [2.05, 4.69) is 4.98 Å². The van der Waals surface area contributed by atoms with Gasteiger partial charge in [-0.3, -0.25) is 9.36 Å². The summed E-state index contributed by atoms with van der Waals surface area (Å²) < 4.78 is 1.26. The fraction of sp³-hybridized carbons (Fsp3) is 0.250. The van der Waals surface area contributed by atoms with Crippen LogP contribution in [0.4, 0.5) is 0 Å². The highest BCUT2D eigenvalue weighted by Gasteiger charge is 2.18. The zero-order chi connectivity index (χ0) is 12.6. The van der Waals surface area contributed by atoms with Crippen LogP contribution in [0.25, 0.3) is 11.0 Å². The van der Waals surface area contributed by atoms with E-state index in [1.807, 2.05) is 0 Å². The van der Waals surface area contributed by atoms with Crippen molar-refractivity contribution in [2.75, 3.05) is 0 Å². The quantitative estimate of drug-likeness (QED) is 0.848. The molecule has 0 aliphatic carbocycles. The molecule has 0 bridgehead atoms. The first kappa shape index (κ1) is 11.3. The minimum Gasteiger partial charge on any atom is -0.480 e. The van der Waals surface area contributed by atoms with Crippen molar-refractivity contribution in [3.05, 3.63) is 40.3 Å². The highest BCUT2D eigenvalue weighted by atomic mass is 16.4. The summed E-state index contributed by atoms with van der Waals surface area (Å²) in [5.74, 6) is -1.04. The second kappa shape index (κ2) is 4.01. The molecule has 1 atom stereocenters. The van der Waals surface area contributed by atoms with Gasteiger partial charge in [-0.25, -0.2) is 9.78 Å². The fourth-order valence-electron chi connectivity index (χ4n) is 1.77. The first-order chi connectivity index (χ1) is 8.02. The summed E-state index contributed by atoms with van der Waals surface area (Å²) in [5.41, 5.74) is 1.10. The second-order valence-electron chi connectivity index (χ2n) is 3.88. The standard InChI is InChI=1S/C12H12N2O3/c1-7-11(15)14(8(2)12(16)17)10-6-4-3-5-9(10)13-7/h3-6,8H,1-2H3,(H,16,17). The molecule has 5 nitrogen and oxygen atoms in total. The summed E-state index contributed by atoms with van der Waals surface area (Å²) >= 11 is 0. The lowest BCUT2D eigenvalue weighted by Gasteiger charge is -2.14. The predicted octanol–water partition coefficient (Wildman–Crippen LogP) is 1.35. The van der Waals surface area contributed by atoms with Gasteiger partial charge < -0.3 is 5.11 Å². The number of aryl methyl sites for hydroxylation is 1. The largest absolute Gasteiger partial charge is 0.480 e. The minimum atomic E-state index is -1.04. The molecule has 0 aliphatic heterocycles. The highest BCUT2D eigenvalue weighted by Crippen LogP contribution is 2.14. The van der Waals surface area contributed by atoms with E-state index in [4.69, 9.17) is 5.11 Å². The van der Waals surface area contributed by atoms with E-state index in [1.165, 1.54) is 11.5 Å². The third-order valence-electron chi connectivity index (χ3n) is 2.70. The van der Waals surface area contributed by atoms with Crippen molar-refractivity contribution in [1.82, 2.24) is 9.55 Å². The number of aliphatic carboxylic acids is 1. The highest BCUT2D eigenvalue weighted by molar-refractivity contribution is 5.79. The Morgan fingerprint density at radius 2 is 2.06 bits per heavy atom. The number of carboxylic acids is 1. The van der Waals surface area contributed by atoms with E-state index >= 15 is 0 Å². The van der Waals surface area contributed by atoms with Crippen molar-refractivity contribution in [3.8, 4) is 0 Å². The Hall–Kier alpha value is -2.17. The lowest BCUT2D eigenvalue weighted by atomic mass is 10.2. The van der Waals surface area contributed by atoms with Crippen molar-refractivity contribution in [1.29, 1.82) is 0 Å². The monoisotopic (exact) mass is 232 g/mol. The molecule has 0 saturated heterocycles. The normalized spacial score (nSPS) is 12.6. The van der Waals surface area contributed by atoms with Crippen LogP contribution in [0.1, 0.15) is 18.7 Å². The molecule has 0 spiro atoms. The maximum Gasteiger partial charge on any atom is 0.326 e. The number of benzene rings is 1. The van der Waals surface area contributed by atoms with Crippen LogP contribution in [0.3, 0.4) is 0 Å². The SMILES string of the molecule is Cc1nc2ccccc2n(C(C)C(=O)O)c1=O. The molecule has 2 rings (SSSR count). The molecule has 2 aromatic rings. The van der Waals surface area contributed by atoms with E-state index in [0.29, 0.717) is 16.7 Å². The van der Waals surface area contributed by atoms with Gasteiger partial charge in [-0.1, -0.05) is 12.1 Å². The van der Waals surface area contributed by atoms with Crippen LogP contribution in [0.2, 0.25) is 0 Å². The summed E-state index contributed by atoms with van der Waals surface area (Å²) in [6.45, 7) is 3.06. The molecule has 0 saturated carbocycles. The van der Waals surface area contributed by atoms with Crippen LogP contribution in [-0.2, 0) is 4.79 Å². The summed E-state index contributed by atoms with van der Waals surface area (Å²) in [4.78, 5) is 27.1. The number of rotatable bonds is 2. The molecule has 1 unspecified atom stereocenters. The van der Waals surface area contributed by atoms with Gasteiger partial charge in [0.25, 0.3) is 5.56 Å². The molecule has 1 N–H and O–H groups in total. The number of aromatic nitrogens is 2. The molecule has 17 heavy (non-hydrogen) atoms. The number of para-hydroxylation sites is 2. The van der Waals surface area contributed by atoms with Gasteiger partial charge >= 0.3 is 5.97 Å². The Balaban J connectivity index is 2.88. The Labute approximate surface area is 97.3 Å². The predicted molar refractivity (Wildman–Crippen MR) is 63.1 cm³/mol. The third-order valence-corrected chi connectivity index (χ3v) is 2.70. The van der Waals surface area contributed by atoms with Gasteiger partial charge in [0.15, 0.2) is 0 Å². The summed E-state index contributed by atoms with van der Waals surface area (Å²) in [6.07, 6.45) is 0. The van der Waals surface area contributed by atoms with Gasteiger partial charge in [-0.2, -0.15) is 0 Å². The van der Waals surface area contributed by atoms with Crippen molar-refractivity contribution < 1.29 is 9.90 Å². The number of carbonyl (C=O) groups is 1. The Kier molecular flexibility index (Phi) is 2.67. The maximum atomic E-state index is 12.0. The first-order valence-corrected chi connectivity index (χ1v) is 5.23. The van der Waals surface area contributed by atoms with Gasteiger partial charge in [0, 0.05) is 0 Å².